The number of rotatable bonds is 3. The van der Waals surface area contributed by atoms with Gasteiger partial charge in [-0.1, -0.05) is 38.5 Å². The van der Waals surface area contributed by atoms with Gasteiger partial charge in [-0.25, -0.2) is 0 Å². The smallest absolute Gasteiger partial charge is 0.123 e. The molecule has 2 rings (SSSR count). The lowest BCUT2D eigenvalue weighted by Crippen LogP contribution is -2.36. The largest absolute Gasteiger partial charge is 0.507 e. The molecule has 124 valence electrons. The molecule has 0 saturated carbocycles. The Bertz CT molecular complexity index is 509. The van der Waals surface area contributed by atoms with Crippen molar-refractivity contribution in [1.82, 2.24) is 4.90 Å². The number of aryl methyl sites for hydroxylation is 1. The van der Waals surface area contributed by atoms with Crippen LogP contribution in [0.3, 0.4) is 0 Å². The highest BCUT2D eigenvalue weighted by Gasteiger charge is 2.25. The Balaban J connectivity index is 2.12. The van der Waals surface area contributed by atoms with Crippen molar-refractivity contribution in [2.24, 2.45) is 5.92 Å². The van der Waals surface area contributed by atoms with Crippen LogP contribution in [-0.4, -0.2) is 34.3 Å². The summed E-state index contributed by atoms with van der Waals surface area (Å²) in [5.74, 6) is 0.878. The second kappa shape index (κ2) is 6.59. The van der Waals surface area contributed by atoms with Gasteiger partial charge in [0, 0.05) is 12.1 Å². The summed E-state index contributed by atoms with van der Waals surface area (Å²) >= 11 is 0. The molecule has 1 atom stereocenters. The number of likely N-dealkylation sites (tertiary alicyclic amines) is 1. The van der Waals surface area contributed by atoms with Crippen molar-refractivity contribution in [1.29, 1.82) is 0 Å². The van der Waals surface area contributed by atoms with E-state index in [-0.39, 0.29) is 11.5 Å². The van der Waals surface area contributed by atoms with Crippen LogP contribution in [0.25, 0.3) is 0 Å². The molecule has 0 spiro atoms. The average molecular weight is 305 g/mol. The Labute approximate surface area is 135 Å². The van der Waals surface area contributed by atoms with E-state index in [0.29, 0.717) is 11.7 Å². The molecule has 1 heterocycles. The molecule has 1 aliphatic rings. The van der Waals surface area contributed by atoms with Crippen LogP contribution in [0.1, 0.15) is 57.2 Å². The zero-order valence-corrected chi connectivity index (χ0v) is 14.7. The second-order valence-corrected chi connectivity index (χ2v) is 7.92. The molecular weight excluding hydrogens is 274 g/mol. The lowest BCUT2D eigenvalue weighted by molar-refractivity contribution is 0.0692. The van der Waals surface area contributed by atoms with Crippen molar-refractivity contribution in [3.05, 3.63) is 28.8 Å². The van der Waals surface area contributed by atoms with E-state index < -0.39 is 0 Å². The number of hydrogen-bond acceptors (Lipinski definition) is 3. The van der Waals surface area contributed by atoms with Gasteiger partial charge in [0.2, 0.25) is 0 Å². The van der Waals surface area contributed by atoms with E-state index in [9.17, 15) is 10.2 Å². The molecule has 22 heavy (non-hydrogen) atoms. The summed E-state index contributed by atoms with van der Waals surface area (Å²) < 4.78 is 0. The number of phenolic OH excluding ortho intramolecular Hbond substituents is 1. The third-order valence-electron chi connectivity index (χ3n) is 4.85. The molecule has 2 N–H and O–H groups in total. The van der Waals surface area contributed by atoms with Crippen molar-refractivity contribution in [2.75, 3.05) is 13.1 Å². The van der Waals surface area contributed by atoms with Crippen LogP contribution < -0.4 is 0 Å². The van der Waals surface area contributed by atoms with Gasteiger partial charge in [-0.15, -0.1) is 0 Å². The van der Waals surface area contributed by atoms with Gasteiger partial charge in [-0.3, -0.25) is 4.90 Å². The van der Waals surface area contributed by atoms with Gasteiger partial charge in [0.05, 0.1) is 6.10 Å². The predicted octanol–water partition coefficient (Wildman–Crippen LogP) is 3.59. The topological polar surface area (TPSA) is 43.7 Å². The molecule has 1 aromatic carbocycles. The number of aliphatic hydroxyl groups is 1. The van der Waals surface area contributed by atoms with Crippen molar-refractivity contribution < 1.29 is 10.2 Å². The molecule has 0 radical (unpaired) electrons. The standard InChI is InChI=1S/C19H31NO2/c1-13-10-16(18(22)17(11-13)19(3,4)5)12-20-8-6-15(7-9-20)14(2)21/h10-11,14-15,21-22H,6-9,12H2,1-5H3. The average Bonchev–Trinajstić information content (AvgIpc) is 2.42. The van der Waals surface area contributed by atoms with Gasteiger partial charge < -0.3 is 10.2 Å². The summed E-state index contributed by atoms with van der Waals surface area (Å²) in [4.78, 5) is 2.39. The number of nitrogens with zero attached hydrogens (tertiary/aromatic N) is 1. The number of piperidine rings is 1. The van der Waals surface area contributed by atoms with E-state index >= 15 is 0 Å². The molecule has 0 bridgehead atoms. The van der Waals surface area contributed by atoms with Gasteiger partial charge >= 0.3 is 0 Å². The van der Waals surface area contributed by atoms with Gasteiger partial charge in [0.15, 0.2) is 0 Å². The van der Waals surface area contributed by atoms with Crippen LogP contribution in [0.15, 0.2) is 12.1 Å². The Morgan fingerprint density at radius 3 is 2.32 bits per heavy atom. The Morgan fingerprint density at radius 1 is 1.23 bits per heavy atom. The first-order chi connectivity index (χ1) is 10.2. The number of phenols is 1. The van der Waals surface area contributed by atoms with Gasteiger partial charge in [0.25, 0.3) is 0 Å². The van der Waals surface area contributed by atoms with Crippen molar-refractivity contribution in [3.8, 4) is 5.75 Å². The molecule has 3 heteroatoms. The molecule has 1 aromatic rings. The van der Waals surface area contributed by atoms with Gasteiger partial charge in [-0.2, -0.15) is 0 Å². The minimum Gasteiger partial charge on any atom is -0.507 e. The zero-order valence-electron chi connectivity index (χ0n) is 14.7. The summed E-state index contributed by atoms with van der Waals surface area (Å²) in [5.41, 5.74) is 3.21. The molecule has 1 unspecified atom stereocenters. The number of hydrogen-bond donors (Lipinski definition) is 2. The van der Waals surface area contributed by atoms with Crippen LogP contribution in [-0.2, 0) is 12.0 Å². The molecule has 0 aromatic heterocycles. The summed E-state index contributed by atoms with van der Waals surface area (Å²) in [6.45, 7) is 13.2. The second-order valence-electron chi connectivity index (χ2n) is 7.92. The van der Waals surface area contributed by atoms with E-state index in [2.05, 4.69) is 44.7 Å². The Morgan fingerprint density at radius 2 is 1.82 bits per heavy atom. The lowest BCUT2D eigenvalue weighted by atomic mass is 9.84. The highest BCUT2D eigenvalue weighted by molar-refractivity contribution is 5.46. The fourth-order valence-electron chi connectivity index (χ4n) is 3.38. The molecule has 1 aliphatic heterocycles. The van der Waals surface area contributed by atoms with E-state index in [1.54, 1.807) is 0 Å². The highest BCUT2D eigenvalue weighted by atomic mass is 16.3. The highest BCUT2D eigenvalue weighted by Crippen LogP contribution is 2.35. The molecule has 0 amide bonds. The van der Waals surface area contributed by atoms with Crippen LogP contribution in [0.5, 0.6) is 5.75 Å². The molecule has 1 fully saturated rings. The number of aliphatic hydroxyl groups excluding tert-OH is 1. The Kier molecular flexibility index (Phi) is 5.18. The summed E-state index contributed by atoms with van der Waals surface area (Å²) in [6, 6.07) is 4.20. The number of benzene rings is 1. The molecular formula is C19H31NO2. The summed E-state index contributed by atoms with van der Waals surface area (Å²) in [7, 11) is 0. The van der Waals surface area contributed by atoms with E-state index in [0.717, 1.165) is 43.6 Å². The fourth-order valence-corrected chi connectivity index (χ4v) is 3.38. The van der Waals surface area contributed by atoms with E-state index in [4.69, 9.17) is 0 Å². The fraction of sp³-hybridized carbons (Fsp3) is 0.684. The van der Waals surface area contributed by atoms with Gasteiger partial charge in [0.1, 0.15) is 5.75 Å². The van der Waals surface area contributed by atoms with E-state index in [1.165, 1.54) is 5.56 Å². The van der Waals surface area contributed by atoms with Crippen molar-refractivity contribution in [3.63, 3.8) is 0 Å². The molecule has 3 nitrogen and oxygen atoms in total. The summed E-state index contributed by atoms with van der Waals surface area (Å²) in [6.07, 6.45) is 1.87. The predicted molar refractivity (Wildman–Crippen MR) is 91.2 cm³/mol. The SMILES string of the molecule is Cc1cc(CN2CCC(C(C)O)CC2)c(O)c(C(C)(C)C)c1. The quantitative estimate of drug-likeness (QED) is 0.897. The van der Waals surface area contributed by atoms with Crippen molar-refractivity contribution >= 4 is 0 Å². The Hall–Kier alpha value is -1.06. The van der Waals surface area contributed by atoms with Crippen molar-refractivity contribution in [2.45, 2.75) is 65.5 Å². The van der Waals surface area contributed by atoms with Crippen LogP contribution in [0, 0.1) is 12.8 Å². The third kappa shape index (κ3) is 4.02. The van der Waals surface area contributed by atoms with E-state index in [1.807, 2.05) is 6.92 Å². The van der Waals surface area contributed by atoms with Crippen LogP contribution in [0.4, 0.5) is 0 Å². The minimum absolute atomic E-state index is 0.0514. The van der Waals surface area contributed by atoms with Gasteiger partial charge in [-0.05, 0) is 56.7 Å². The van der Waals surface area contributed by atoms with Crippen LogP contribution >= 0.6 is 0 Å². The lowest BCUT2D eigenvalue weighted by Gasteiger charge is -2.34. The molecule has 0 aliphatic carbocycles. The normalized spacial score (nSPS) is 19.4. The first-order valence-corrected chi connectivity index (χ1v) is 8.42. The minimum atomic E-state index is -0.206. The van der Waals surface area contributed by atoms with Crippen LogP contribution in [0.2, 0.25) is 0 Å². The number of aromatic hydroxyl groups is 1. The zero-order chi connectivity index (χ0) is 16.5. The first-order valence-electron chi connectivity index (χ1n) is 8.42. The maximum Gasteiger partial charge on any atom is 0.123 e. The maximum atomic E-state index is 10.7. The summed E-state index contributed by atoms with van der Waals surface area (Å²) in [5, 5.41) is 20.4. The monoisotopic (exact) mass is 305 g/mol. The molecule has 1 saturated heterocycles. The third-order valence-corrected chi connectivity index (χ3v) is 4.85. The maximum absolute atomic E-state index is 10.7. The first kappa shape index (κ1) is 17.3.